The molecular formula is C30H35ClN4O3. The maximum absolute atomic E-state index is 13.1. The number of esters is 1. The van der Waals surface area contributed by atoms with Gasteiger partial charge in [0, 0.05) is 29.6 Å². The summed E-state index contributed by atoms with van der Waals surface area (Å²) in [5.41, 5.74) is 10.7. The average Bonchev–Trinajstić information content (AvgIpc) is 2.88. The van der Waals surface area contributed by atoms with E-state index in [1.807, 2.05) is 65.6 Å². The van der Waals surface area contributed by atoms with Crippen molar-refractivity contribution < 1.29 is 14.3 Å². The molecule has 0 bridgehead atoms. The van der Waals surface area contributed by atoms with Crippen LogP contribution < -0.4 is 16.0 Å². The van der Waals surface area contributed by atoms with Crippen LogP contribution in [0.4, 0.5) is 11.4 Å². The molecule has 3 rings (SSSR count). The fourth-order valence-corrected chi connectivity index (χ4v) is 3.83. The second-order valence-electron chi connectivity index (χ2n) is 8.93. The number of benzene rings is 3. The smallest absolute Gasteiger partial charge is 0.330 e. The maximum Gasteiger partial charge on any atom is 0.330 e. The number of carbonyl (C=O) groups excluding carboxylic acids is 2. The van der Waals surface area contributed by atoms with Gasteiger partial charge >= 0.3 is 5.97 Å². The Hall–Kier alpha value is -4.10. The van der Waals surface area contributed by atoms with E-state index in [1.54, 1.807) is 25.1 Å². The number of hydrogen-bond donors (Lipinski definition) is 3. The first-order valence-electron chi connectivity index (χ1n) is 12.3. The minimum absolute atomic E-state index is 0. The second kappa shape index (κ2) is 14.6. The third-order valence-corrected chi connectivity index (χ3v) is 5.82. The molecule has 0 atom stereocenters. The van der Waals surface area contributed by atoms with Gasteiger partial charge in [-0.3, -0.25) is 10.2 Å². The van der Waals surface area contributed by atoms with Crippen LogP contribution in [0.25, 0.3) is 6.08 Å². The van der Waals surface area contributed by atoms with Gasteiger partial charge in [-0.15, -0.1) is 12.4 Å². The molecular weight excluding hydrogens is 500 g/mol. The summed E-state index contributed by atoms with van der Waals surface area (Å²) in [6.07, 6.45) is 3.12. The van der Waals surface area contributed by atoms with Crippen molar-refractivity contribution in [3.63, 3.8) is 0 Å². The van der Waals surface area contributed by atoms with Crippen molar-refractivity contribution in [3.05, 3.63) is 101 Å². The predicted octanol–water partition coefficient (Wildman–Crippen LogP) is 5.74. The Labute approximate surface area is 230 Å². The summed E-state index contributed by atoms with van der Waals surface area (Å²) in [6.45, 7) is 6.78. The van der Waals surface area contributed by atoms with E-state index in [1.165, 1.54) is 11.6 Å². The fourth-order valence-electron chi connectivity index (χ4n) is 3.83. The van der Waals surface area contributed by atoms with Gasteiger partial charge in [0.25, 0.3) is 0 Å². The van der Waals surface area contributed by atoms with E-state index >= 15 is 0 Å². The number of anilines is 2. The summed E-state index contributed by atoms with van der Waals surface area (Å²) in [6, 6.07) is 22.8. The summed E-state index contributed by atoms with van der Waals surface area (Å²) >= 11 is 0. The van der Waals surface area contributed by atoms with Crippen LogP contribution in [0.2, 0.25) is 0 Å². The number of amidine groups is 1. The van der Waals surface area contributed by atoms with E-state index in [0.717, 1.165) is 22.5 Å². The number of nitrogens with zero attached hydrogens (tertiary/aromatic N) is 1. The summed E-state index contributed by atoms with van der Waals surface area (Å²) in [5.74, 6) is -0.225. The van der Waals surface area contributed by atoms with Crippen molar-refractivity contribution in [2.75, 3.05) is 23.4 Å². The Morgan fingerprint density at radius 3 is 2.42 bits per heavy atom. The number of nitrogens with one attached hydrogen (secondary N) is 2. The van der Waals surface area contributed by atoms with Gasteiger partial charge in [-0.2, -0.15) is 0 Å². The first kappa shape index (κ1) is 30.1. The van der Waals surface area contributed by atoms with E-state index in [2.05, 4.69) is 19.2 Å². The monoisotopic (exact) mass is 534 g/mol. The van der Waals surface area contributed by atoms with Crippen molar-refractivity contribution in [3.8, 4) is 0 Å². The van der Waals surface area contributed by atoms with E-state index < -0.39 is 5.97 Å². The number of ether oxygens (including phenoxy) is 1. The van der Waals surface area contributed by atoms with E-state index in [0.29, 0.717) is 24.6 Å². The highest BCUT2D eigenvalue weighted by Crippen LogP contribution is 2.22. The first-order chi connectivity index (χ1) is 17.8. The normalized spacial score (nSPS) is 10.6. The van der Waals surface area contributed by atoms with Gasteiger partial charge < -0.3 is 20.7 Å². The number of nitrogen functional groups attached to an aromatic ring is 1. The van der Waals surface area contributed by atoms with Gasteiger partial charge in [0.15, 0.2) is 0 Å². The highest BCUT2D eigenvalue weighted by molar-refractivity contribution is 5.97. The van der Waals surface area contributed by atoms with Gasteiger partial charge in [-0.25, -0.2) is 4.79 Å². The van der Waals surface area contributed by atoms with Crippen LogP contribution in [-0.4, -0.2) is 30.9 Å². The predicted molar refractivity (Wildman–Crippen MR) is 157 cm³/mol. The van der Waals surface area contributed by atoms with Gasteiger partial charge in [0.1, 0.15) is 5.84 Å². The molecule has 0 fully saturated rings. The standard InChI is InChI=1S/C30H34N4O3.ClH/c1-4-37-29(36)17-14-23-8-5-6-9-25(23)19-34(27-11-7-10-24(18-27)30(31)32)20-28(35)33-26-15-12-22(13-16-26)21(2)3;/h5-18,21H,4,19-20H2,1-3H3,(H3,31,32)(H,33,35);1H/b17-14+;. The van der Waals surface area contributed by atoms with Crippen LogP contribution in [0.1, 0.15) is 48.9 Å². The Balaban J connectivity index is 0.00000507. The molecule has 3 aromatic rings. The average molecular weight is 535 g/mol. The molecule has 0 heterocycles. The van der Waals surface area contributed by atoms with Crippen LogP contribution in [0.5, 0.6) is 0 Å². The molecule has 200 valence electrons. The Bertz CT molecular complexity index is 1270. The van der Waals surface area contributed by atoms with Crippen LogP contribution in [0.3, 0.4) is 0 Å². The highest BCUT2D eigenvalue weighted by atomic mass is 35.5. The van der Waals surface area contributed by atoms with E-state index in [9.17, 15) is 9.59 Å². The molecule has 3 aromatic carbocycles. The largest absolute Gasteiger partial charge is 0.463 e. The third-order valence-electron chi connectivity index (χ3n) is 5.82. The molecule has 0 radical (unpaired) electrons. The maximum atomic E-state index is 13.1. The van der Waals surface area contributed by atoms with Crippen LogP contribution in [0.15, 0.2) is 78.9 Å². The zero-order valence-electron chi connectivity index (χ0n) is 21.9. The van der Waals surface area contributed by atoms with Crippen LogP contribution in [-0.2, 0) is 20.9 Å². The lowest BCUT2D eigenvalue weighted by Gasteiger charge is -2.26. The minimum Gasteiger partial charge on any atom is -0.463 e. The molecule has 0 saturated carbocycles. The van der Waals surface area contributed by atoms with Crippen molar-refractivity contribution >= 4 is 47.6 Å². The topological polar surface area (TPSA) is 109 Å². The fraction of sp³-hybridized carbons (Fsp3) is 0.233. The van der Waals surface area contributed by atoms with Gasteiger partial charge in [0.05, 0.1) is 13.2 Å². The summed E-state index contributed by atoms with van der Waals surface area (Å²) in [5, 5.41) is 10.8. The number of nitrogens with two attached hydrogens (primary N) is 1. The molecule has 0 unspecified atom stereocenters. The molecule has 1 amide bonds. The number of carbonyl (C=O) groups is 2. The Morgan fingerprint density at radius 2 is 1.76 bits per heavy atom. The summed E-state index contributed by atoms with van der Waals surface area (Å²) in [4.78, 5) is 26.9. The molecule has 4 N–H and O–H groups in total. The van der Waals surface area contributed by atoms with Gasteiger partial charge in [-0.1, -0.05) is 62.4 Å². The van der Waals surface area contributed by atoms with Gasteiger partial charge in [0.2, 0.25) is 5.91 Å². The molecule has 0 aliphatic carbocycles. The lowest BCUT2D eigenvalue weighted by Crippen LogP contribution is -2.33. The first-order valence-corrected chi connectivity index (χ1v) is 12.3. The molecule has 0 aliphatic rings. The minimum atomic E-state index is -0.411. The second-order valence-corrected chi connectivity index (χ2v) is 8.93. The zero-order valence-corrected chi connectivity index (χ0v) is 22.8. The summed E-state index contributed by atoms with van der Waals surface area (Å²) in [7, 11) is 0. The lowest BCUT2D eigenvalue weighted by atomic mass is 10.0. The van der Waals surface area contributed by atoms with Crippen molar-refractivity contribution in [1.29, 1.82) is 5.41 Å². The summed E-state index contributed by atoms with van der Waals surface area (Å²) < 4.78 is 5.00. The van der Waals surface area contributed by atoms with Gasteiger partial charge in [-0.05, 0) is 59.9 Å². The lowest BCUT2D eigenvalue weighted by molar-refractivity contribution is -0.137. The molecule has 0 saturated heterocycles. The Morgan fingerprint density at radius 1 is 1.05 bits per heavy atom. The third kappa shape index (κ3) is 8.78. The van der Waals surface area contributed by atoms with Crippen molar-refractivity contribution in [1.82, 2.24) is 0 Å². The zero-order chi connectivity index (χ0) is 26.8. The molecule has 0 aliphatic heterocycles. The van der Waals surface area contributed by atoms with E-state index in [-0.39, 0.29) is 30.7 Å². The number of amides is 1. The Kier molecular flexibility index (Phi) is 11.6. The van der Waals surface area contributed by atoms with E-state index in [4.69, 9.17) is 15.9 Å². The number of halogens is 1. The SMILES string of the molecule is CCOC(=O)/C=C/c1ccccc1CN(CC(=O)Nc1ccc(C(C)C)cc1)c1cccc(C(=N)N)c1.Cl. The van der Waals surface area contributed by atoms with Crippen molar-refractivity contribution in [2.45, 2.75) is 33.2 Å². The van der Waals surface area contributed by atoms with Crippen LogP contribution in [0, 0.1) is 5.41 Å². The number of rotatable bonds is 11. The molecule has 0 aromatic heterocycles. The quantitative estimate of drug-likeness (QED) is 0.126. The molecule has 38 heavy (non-hydrogen) atoms. The van der Waals surface area contributed by atoms with Crippen LogP contribution >= 0.6 is 12.4 Å². The number of hydrogen-bond acceptors (Lipinski definition) is 5. The molecule has 0 spiro atoms. The van der Waals surface area contributed by atoms with Crippen molar-refractivity contribution in [2.24, 2.45) is 5.73 Å². The molecule has 8 heteroatoms. The molecule has 7 nitrogen and oxygen atoms in total. The highest BCUT2D eigenvalue weighted by Gasteiger charge is 2.15.